The van der Waals surface area contributed by atoms with Crippen LogP contribution < -0.4 is 5.73 Å². The highest BCUT2D eigenvalue weighted by Crippen LogP contribution is 2.27. The molecule has 0 aliphatic carbocycles. The minimum absolute atomic E-state index is 0.110. The second-order valence-electron chi connectivity index (χ2n) is 4.67. The van der Waals surface area contributed by atoms with Crippen LogP contribution in [0.15, 0.2) is 24.3 Å². The summed E-state index contributed by atoms with van der Waals surface area (Å²) in [5.41, 5.74) is 6.70. The summed E-state index contributed by atoms with van der Waals surface area (Å²) in [5, 5.41) is 0. The fourth-order valence-corrected chi connectivity index (χ4v) is 4.17. The van der Waals surface area contributed by atoms with Gasteiger partial charge in [-0.2, -0.15) is 0 Å². The van der Waals surface area contributed by atoms with Gasteiger partial charge >= 0.3 is 0 Å². The summed E-state index contributed by atoms with van der Waals surface area (Å²) >= 11 is 0. The van der Waals surface area contributed by atoms with Gasteiger partial charge < -0.3 is 5.73 Å². The Labute approximate surface area is 101 Å². The lowest BCUT2D eigenvalue weighted by Gasteiger charge is -2.15. The second kappa shape index (κ2) is 4.74. The normalized spacial score (nSPS) is 24.7. The van der Waals surface area contributed by atoms with E-state index in [4.69, 9.17) is 5.73 Å². The highest BCUT2D eigenvalue weighted by Gasteiger charge is 2.29. The molecule has 2 rings (SSSR count). The van der Waals surface area contributed by atoms with Gasteiger partial charge in [0.2, 0.25) is 0 Å². The molecule has 0 saturated carbocycles. The molecule has 1 aromatic carbocycles. The van der Waals surface area contributed by atoms with Crippen LogP contribution in [0, 0.1) is 11.7 Å². The zero-order valence-corrected chi connectivity index (χ0v) is 10.3. The van der Waals surface area contributed by atoms with E-state index >= 15 is 0 Å². The lowest BCUT2D eigenvalue weighted by molar-refractivity contribution is 0.479. The van der Waals surface area contributed by atoms with Crippen LogP contribution in [0.25, 0.3) is 0 Å². The molecule has 1 heterocycles. The number of nitrogens with two attached hydrogens (primary N) is 1. The van der Waals surface area contributed by atoms with Crippen LogP contribution >= 0.6 is 0 Å². The van der Waals surface area contributed by atoms with Crippen LogP contribution in [0.4, 0.5) is 4.39 Å². The van der Waals surface area contributed by atoms with Crippen LogP contribution in [0.1, 0.15) is 24.4 Å². The van der Waals surface area contributed by atoms with Gasteiger partial charge in [-0.25, -0.2) is 12.8 Å². The zero-order valence-electron chi connectivity index (χ0n) is 9.47. The lowest BCUT2D eigenvalue weighted by Crippen LogP contribution is -2.16. The molecule has 5 heteroatoms. The van der Waals surface area contributed by atoms with Gasteiger partial charge in [0.05, 0.1) is 11.5 Å². The van der Waals surface area contributed by atoms with Crippen molar-refractivity contribution in [1.82, 2.24) is 0 Å². The number of sulfone groups is 1. The largest absolute Gasteiger partial charge is 0.324 e. The van der Waals surface area contributed by atoms with Crippen molar-refractivity contribution >= 4 is 9.84 Å². The average molecular weight is 257 g/mol. The van der Waals surface area contributed by atoms with Gasteiger partial charge in [0.25, 0.3) is 0 Å². The predicted octanol–water partition coefficient (Wildman–Crippen LogP) is 1.65. The minimum atomic E-state index is -2.86. The molecule has 94 valence electrons. The van der Waals surface area contributed by atoms with Gasteiger partial charge in [0.15, 0.2) is 9.84 Å². The fourth-order valence-electron chi connectivity index (χ4n) is 2.29. The van der Waals surface area contributed by atoms with E-state index < -0.39 is 9.84 Å². The molecule has 3 nitrogen and oxygen atoms in total. The van der Waals surface area contributed by atoms with E-state index in [9.17, 15) is 12.8 Å². The van der Waals surface area contributed by atoms with E-state index in [1.807, 2.05) is 0 Å². The molecule has 2 unspecified atom stereocenters. The number of hydrogen-bond acceptors (Lipinski definition) is 3. The Bertz CT molecular complexity index is 501. The second-order valence-corrected chi connectivity index (χ2v) is 6.89. The van der Waals surface area contributed by atoms with E-state index in [-0.39, 0.29) is 29.3 Å². The van der Waals surface area contributed by atoms with Gasteiger partial charge in [0.1, 0.15) is 5.82 Å². The quantitative estimate of drug-likeness (QED) is 0.895. The monoisotopic (exact) mass is 257 g/mol. The first-order chi connectivity index (χ1) is 7.96. The molecule has 0 bridgehead atoms. The maximum atomic E-state index is 13.0. The summed E-state index contributed by atoms with van der Waals surface area (Å²) in [6.45, 7) is 0. The molecule has 1 aliphatic rings. The van der Waals surface area contributed by atoms with Gasteiger partial charge in [-0.1, -0.05) is 12.1 Å². The van der Waals surface area contributed by atoms with Crippen molar-refractivity contribution in [1.29, 1.82) is 0 Å². The van der Waals surface area contributed by atoms with E-state index in [0.717, 1.165) is 5.56 Å². The molecule has 17 heavy (non-hydrogen) atoms. The molecule has 1 aliphatic heterocycles. The molecule has 1 fully saturated rings. The van der Waals surface area contributed by atoms with Crippen molar-refractivity contribution in [2.24, 2.45) is 11.7 Å². The first-order valence-electron chi connectivity index (χ1n) is 5.68. The Kier molecular flexibility index (Phi) is 3.49. The molecule has 1 aromatic rings. The van der Waals surface area contributed by atoms with Crippen molar-refractivity contribution in [2.75, 3.05) is 11.5 Å². The Morgan fingerprint density at radius 2 is 2.24 bits per heavy atom. The molecular weight excluding hydrogens is 241 g/mol. The van der Waals surface area contributed by atoms with Crippen LogP contribution in [0.5, 0.6) is 0 Å². The minimum Gasteiger partial charge on any atom is -0.324 e. The van der Waals surface area contributed by atoms with E-state index in [1.54, 1.807) is 12.1 Å². The Morgan fingerprint density at radius 3 is 2.82 bits per heavy atom. The Morgan fingerprint density at radius 1 is 1.47 bits per heavy atom. The van der Waals surface area contributed by atoms with Gasteiger partial charge in [-0.3, -0.25) is 0 Å². The van der Waals surface area contributed by atoms with Crippen molar-refractivity contribution in [3.8, 4) is 0 Å². The number of benzene rings is 1. The molecule has 2 atom stereocenters. The first kappa shape index (κ1) is 12.5. The smallest absolute Gasteiger partial charge is 0.150 e. The summed E-state index contributed by atoms with van der Waals surface area (Å²) in [6.07, 6.45) is 1.27. The standard InChI is InChI=1S/C12H16FNO2S/c13-11-3-1-2-10(7-11)12(14)6-9-4-5-17(15,16)8-9/h1-3,7,9,12H,4-6,8,14H2. The third kappa shape index (κ3) is 3.26. The van der Waals surface area contributed by atoms with E-state index in [1.165, 1.54) is 12.1 Å². The highest BCUT2D eigenvalue weighted by molar-refractivity contribution is 7.91. The summed E-state index contributed by atoms with van der Waals surface area (Å²) in [5.74, 6) is 0.277. The van der Waals surface area contributed by atoms with Crippen LogP contribution in [0.3, 0.4) is 0 Å². The Hall–Kier alpha value is -0.940. The maximum absolute atomic E-state index is 13.0. The molecular formula is C12H16FNO2S. The molecule has 0 radical (unpaired) electrons. The molecule has 0 aromatic heterocycles. The predicted molar refractivity (Wildman–Crippen MR) is 64.7 cm³/mol. The first-order valence-corrected chi connectivity index (χ1v) is 7.50. The van der Waals surface area contributed by atoms with Crippen molar-refractivity contribution in [2.45, 2.75) is 18.9 Å². The summed E-state index contributed by atoms with van der Waals surface area (Å²) in [6, 6.07) is 5.89. The summed E-state index contributed by atoms with van der Waals surface area (Å²) in [7, 11) is -2.86. The fraction of sp³-hybridized carbons (Fsp3) is 0.500. The van der Waals surface area contributed by atoms with Crippen molar-refractivity contribution in [3.63, 3.8) is 0 Å². The molecule has 0 spiro atoms. The van der Waals surface area contributed by atoms with Gasteiger partial charge in [-0.05, 0) is 36.5 Å². The summed E-state index contributed by atoms with van der Waals surface area (Å²) in [4.78, 5) is 0. The molecule has 1 saturated heterocycles. The van der Waals surface area contributed by atoms with Gasteiger partial charge in [-0.15, -0.1) is 0 Å². The number of halogens is 1. The van der Waals surface area contributed by atoms with Gasteiger partial charge in [0, 0.05) is 6.04 Å². The number of hydrogen-bond donors (Lipinski definition) is 1. The van der Waals surface area contributed by atoms with Crippen LogP contribution in [-0.4, -0.2) is 19.9 Å². The summed E-state index contributed by atoms with van der Waals surface area (Å²) < 4.78 is 35.6. The van der Waals surface area contributed by atoms with E-state index in [2.05, 4.69) is 0 Å². The number of rotatable bonds is 3. The lowest BCUT2D eigenvalue weighted by atomic mass is 9.95. The zero-order chi connectivity index (χ0) is 12.5. The van der Waals surface area contributed by atoms with Crippen molar-refractivity contribution < 1.29 is 12.8 Å². The average Bonchev–Trinajstić information content (AvgIpc) is 2.58. The molecule has 2 N–H and O–H groups in total. The third-order valence-corrected chi connectivity index (χ3v) is 5.03. The Balaban J connectivity index is 2.00. The van der Waals surface area contributed by atoms with E-state index in [0.29, 0.717) is 12.8 Å². The maximum Gasteiger partial charge on any atom is 0.150 e. The SMILES string of the molecule is NC(CC1CCS(=O)(=O)C1)c1cccc(F)c1. The highest BCUT2D eigenvalue weighted by atomic mass is 32.2. The molecule has 0 amide bonds. The van der Waals surface area contributed by atoms with Crippen LogP contribution in [0.2, 0.25) is 0 Å². The topological polar surface area (TPSA) is 60.2 Å². The third-order valence-electron chi connectivity index (χ3n) is 3.19. The van der Waals surface area contributed by atoms with Crippen molar-refractivity contribution in [3.05, 3.63) is 35.6 Å². The van der Waals surface area contributed by atoms with Crippen LogP contribution in [-0.2, 0) is 9.84 Å².